The van der Waals surface area contributed by atoms with Gasteiger partial charge < -0.3 is 9.72 Å². The third-order valence-electron chi connectivity index (χ3n) is 6.37. The largest absolute Gasteiger partial charge is 0.381 e. The van der Waals surface area contributed by atoms with E-state index in [2.05, 4.69) is 39.0 Å². The van der Waals surface area contributed by atoms with Gasteiger partial charge in [-0.1, -0.05) is 13.0 Å². The number of hydrogen-bond donors (Lipinski definition) is 1. The Morgan fingerprint density at radius 2 is 2.07 bits per heavy atom. The molecule has 7 heteroatoms. The Kier molecular flexibility index (Phi) is 4.93. The molecular formula is C22H27N5O2. The molecule has 1 N–H and O–H groups in total. The molecule has 5 heterocycles. The van der Waals surface area contributed by atoms with Gasteiger partial charge >= 0.3 is 0 Å². The first-order chi connectivity index (χ1) is 14.2. The van der Waals surface area contributed by atoms with Crippen LogP contribution in [0.5, 0.6) is 0 Å². The SMILES string of the molecule is CC1CN(Cc2ccccn2)CC1c1cn2c(C3CCOCC3)ncc2c(=O)[nH]1. The molecule has 3 aromatic heterocycles. The highest BCUT2D eigenvalue weighted by Gasteiger charge is 2.32. The first-order valence-electron chi connectivity index (χ1n) is 10.5. The molecule has 7 nitrogen and oxygen atoms in total. The molecule has 0 spiro atoms. The van der Waals surface area contributed by atoms with Crippen LogP contribution in [0.15, 0.2) is 41.6 Å². The van der Waals surface area contributed by atoms with E-state index in [0.717, 1.165) is 62.9 Å². The average molecular weight is 393 g/mol. The van der Waals surface area contributed by atoms with Crippen LogP contribution in [-0.2, 0) is 11.3 Å². The first-order valence-corrected chi connectivity index (χ1v) is 10.5. The lowest BCUT2D eigenvalue weighted by Gasteiger charge is -2.21. The van der Waals surface area contributed by atoms with Crippen molar-refractivity contribution in [2.45, 2.75) is 38.1 Å². The Hall–Kier alpha value is -2.51. The monoisotopic (exact) mass is 393 g/mol. The number of aromatic amines is 1. The molecular weight excluding hydrogens is 366 g/mol. The fraction of sp³-hybridized carbons (Fsp3) is 0.500. The van der Waals surface area contributed by atoms with E-state index in [0.29, 0.717) is 23.3 Å². The van der Waals surface area contributed by atoms with Crippen molar-refractivity contribution in [1.29, 1.82) is 0 Å². The molecule has 0 bridgehead atoms. The summed E-state index contributed by atoms with van der Waals surface area (Å²) in [5.74, 6) is 2.09. The summed E-state index contributed by atoms with van der Waals surface area (Å²) in [4.78, 5) is 27.4. The molecule has 2 saturated heterocycles. The summed E-state index contributed by atoms with van der Waals surface area (Å²) in [7, 11) is 0. The predicted octanol–water partition coefficient (Wildman–Crippen LogP) is 2.55. The molecule has 152 valence electrons. The average Bonchev–Trinajstić information content (AvgIpc) is 3.33. The maximum absolute atomic E-state index is 12.8. The Labute approximate surface area is 169 Å². The topological polar surface area (TPSA) is 75.5 Å². The number of pyridine rings is 1. The van der Waals surface area contributed by atoms with Crippen molar-refractivity contribution in [1.82, 2.24) is 24.3 Å². The Balaban J connectivity index is 1.43. The van der Waals surface area contributed by atoms with Crippen molar-refractivity contribution in [2.75, 3.05) is 26.3 Å². The van der Waals surface area contributed by atoms with Crippen molar-refractivity contribution in [2.24, 2.45) is 5.92 Å². The Morgan fingerprint density at radius 3 is 2.86 bits per heavy atom. The van der Waals surface area contributed by atoms with Gasteiger partial charge in [-0.05, 0) is 30.9 Å². The number of nitrogens with one attached hydrogen (secondary N) is 1. The van der Waals surface area contributed by atoms with E-state index < -0.39 is 0 Å². The molecule has 0 radical (unpaired) electrons. The number of nitrogens with zero attached hydrogens (tertiary/aromatic N) is 4. The van der Waals surface area contributed by atoms with Crippen LogP contribution in [0.1, 0.15) is 48.8 Å². The number of rotatable bonds is 4. The maximum Gasteiger partial charge on any atom is 0.274 e. The fourth-order valence-corrected chi connectivity index (χ4v) is 4.81. The van der Waals surface area contributed by atoms with Crippen LogP contribution in [0, 0.1) is 5.92 Å². The summed E-state index contributed by atoms with van der Waals surface area (Å²) < 4.78 is 7.52. The number of ether oxygens (including phenoxy) is 1. The van der Waals surface area contributed by atoms with Crippen molar-refractivity contribution in [3.05, 3.63) is 64.4 Å². The van der Waals surface area contributed by atoms with E-state index in [9.17, 15) is 4.79 Å². The number of likely N-dealkylation sites (tertiary alicyclic amines) is 1. The van der Waals surface area contributed by atoms with E-state index in [1.165, 1.54) is 0 Å². The van der Waals surface area contributed by atoms with Crippen molar-refractivity contribution < 1.29 is 4.74 Å². The molecule has 29 heavy (non-hydrogen) atoms. The van der Waals surface area contributed by atoms with Gasteiger partial charge in [0, 0.05) is 62.8 Å². The summed E-state index contributed by atoms with van der Waals surface area (Å²) in [6, 6.07) is 6.04. The zero-order chi connectivity index (χ0) is 19.8. The van der Waals surface area contributed by atoms with Crippen LogP contribution in [-0.4, -0.2) is 50.6 Å². The van der Waals surface area contributed by atoms with Gasteiger partial charge in [-0.15, -0.1) is 0 Å². The molecule has 2 aliphatic rings. The second-order valence-electron chi connectivity index (χ2n) is 8.40. The number of hydrogen-bond acceptors (Lipinski definition) is 5. The lowest BCUT2D eigenvalue weighted by molar-refractivity contribution is 0.0835. The van der Waals surface area contributed by atoms with E-state index in [-0.39, 0.29) is 5.56 Å². The van der Waals surface area contributed by atoms with Crippen molar-refractivity contribution in [3.63, 3.8) is 0 Å². The number of aromatic nitrogens is 4. The summed E-state index contributed by atoms with van der Waals surface area (Å²) in [6.07, 6.45) is 7.57. The smallest absolute Gasteiger partial charge is 0.274 e. The highest BCUT2D eigenvalue weighted by atomic mass is 16.5. The van der Waals surface area contributed by atoms with E-state index in [1.807, 2.05) is 22.7 Å². The molecule has 0 saturated carbocycles. The molecule has 2 atom stereocenters. The van der Waals surface area contributed by atoms with Gasteiger partial charge in [0.05, 0.1) is 11.9 Å². The quantitative estimate of drug-likeness (QED) is 0.737. The zero-order valence-electron chi connectivity index (χ0n) is 16.8. The normalized spacial score (nSPS) is 23.8. The summed E-state index contributed by atoms with van der Waals surface area (Å²) >= 11 is 0. The zero-order valence-corrected chi connectivity index (χ0v) is 16.8. The highest BCUT2D eigenvalue weighted by Crippen LogP contribution is 2.32. The molecule has 0 aromatic carbocycles. The van der Waals surface area contributed by atoms with E-state index in [1.54, 1.807) is 6.20 Å². The molecule has 2 fully saturated rings. The van der Waals surface area contributed by atoms with Crippen LogP contribution >= 0.6 is 0 Å². The Morgan fingerprint density at radius 1 is 1.21 bits per heavy atom. The van der Waals surface area contributed by atoms with Gasteiger partial charge in [0.15, 0.2) is 0 Å². The lowest BCUT2D eigenvalue weighted by atomic mass is 9.95. The van der Waals surface area contributed by atoms with Gasteiger partial charge in [0.1, 0.15) is 11.3 Å². The summed E-state index contributed by atoms with van der Waals surface area (Å²) in [6.45, 7) is 6.54. The number of fused-ring (bicyclic) bond motifs is 1. The van der Waals surface area contributed by atoms with E-state index in [4.69, 9.17) is 4.74 Å². The summed E-state index contributed by atoms with van der Waals surface area (Å²) in [5.41, 5.74) is 2.67. The lowest BCUT2D eigenvalue weighted by Crippen LogP contribution is -2.22. The minimum absolute atomic E-state index is 0.0521. The fourth-order valence-electron chi connectivity index (χ4n) is 4.81. The van der Waals surface area contributed by atoms with Gasteiger partial charge in [0.25, 0.3) is 5.56 Å². The molecule has 5 rings (SSSR count). The predicted molar refractivity (Wildman–Crippen MR) is 110 cm³/mol. The van der Waals surface area contributed by atoms with Crippen LogP contribution in [0.25, 0.3) is 5.52 Å². The highest BCUT2D eigenvalue weighted by molar-refractivity contribution is 5.45. The molecule has 2 aliphatic heterocycles. The number of imidazole rings is 1. The standard InChI is InChI=1S/C22H27N5O2/c1-15-11-26(12-17-4-2-3-7-23-17)13-18(15)19-14-27-20(22(28)25-19)10-24-21(27)16-5-8-29-9-6-16/h2-4,7,10,14-16,18H,5-6,8-9,11-13H2,1H3,(H,25,28). The van der Waals surface area contributed by atoms with E-state index >= 15 is 0 Å². The first kappa shape index (κ1) is 18.5. The van der Waals surface area contributed by atoms with Gasteiger partial charge in [-0.3, -0.25) is 19.1 Å². The van der Waals surface area contributed by atoms with Crippen LogP contribution in [0.2, 0.25) is 0 Å². The van der Waals surface area contributed by atoms with Gasteiger partial charge in [-0.25, -0.2) is 4.98 Å². The van der Waals surface area contributed by atoms with Gasteiger partial charge in [0.2, 0.25) is 0 Å². The molecule has 2 unspecified atom stereocenters. The van der Waals surface area contributed by atoms with Crippen molar-refractivity contribution >= 4 is 5.52 Å². The third-order valence-corrected chi connectivity index (χ3v) is 6.37. The summed E-state index contributed by atoms with van der Waals surface area (Å²) in [5, 5.41) is 0. The van der Waals surface area contributed by atoms with Crippen LogP contribution in [0.4, 0.5) is 0 Å². The molecule has 3 aromatic rings. The third kappa shape index (κ3) is 3.60. The van der Waals surface area contributed by atoms with Crippen molar-refractivity contribution in [3.8, 4) is 0 Å². The van der Waals surface area contributed by atoms with Crippen LogP contribution < -0.4 is 5.56 Å². The second-order valence-corrected chi connectivity index (χ2v) is 8.40. The minimum Gasteiger partial charge on any atom is -0.381 e. The Bertz CT molecular complexity index is 1040. The second kappa shape index (κ2) is 7.72. The number of H-pyrrole nitrogens is 1. The van der Waals surface area contributed by atoms with Crippen LogP contribution in [0.3, 0.4) is 0 Å². The molecule has 0 aliphatic carbocycles. The molecule has 0 amide bonds. The van der Waals surface area contributed by atoms with Gasteiger partial charge in [-0.2, -0.15) is 0 Å². The maximum atomic E-state index is 12.8. The minimum atomic E-state index is -0.0521.